The summed E-state index contributed by atoms with van der Waals surface area (Å²) in [6.07, 6.45) is 8.79. The Morgan fingerprint density at radius 1 is 1.20 bits per heavy atom. The second-order valence-corrected chi connectivity index (χ2v) is 3.18. The highest BCUT2D eigenvalue weighted by molar-refractivity contribution is 4.67. The first-order valence-electron chi connectivity index (χ1n) is 4.40. The third-order valence-corrected chi connectivity index (χ3v) is 1.59. The third kappa shape index (κ3) is 8.00. The Hall–Kier alpha value is 0. The molecule has 0 aliphatic heterocycles. The van der Waals surface area contributed by atoms with Gasteiger partial charge in [-0.15, -0.1) is 0 Å². The molecule has 0 aromatic carbocycles. The van der Waals surface area contributed by atoms with Gasteiger partial charge >= 0.3 is 0 Å². The number of hydrogen-bond donors (Lipinski definition) is 0. The van der Waals surface area contributed by atoms with Gasteiger partial charge in [0.2, 0.25) is 0 Å². The fourth-order valence-corrected chi connectivity index (χ4v) is 0.949. The molecule has 2 radical (unpaired) electrons. The summed E-state index contributed by atoms with van der Waals surface area (Å²) in [5, 5.41) is 0. The maximum atomic E-state index is 3.81. The average Bonchev–Trinajstić information content (AvgIpc) is 1.87. The lowest BCUT2D eigenvalue weighted by Gasteiger charge is -2.02. The standard InChI is InChI=1S/C10H20/c1-4-5-6-7-8-9-10(2)3/h9-10H,1,4-8H2,2-3H3. The number of hydrogen-bond acceptors (Lipinski definition) is 0. The van der Waals surface area contributed by atoms with Crippen molar-refractivity contribution in [3.05, 3.63) is 13.3 Å². The van der Waals surface area contributed by atoms with Crippen LogP contribution in [0.1, 0.15) is 46.0 Å². The first kappa shape index (κ1) is 10.0. The Kier molecular flexibility index (Phi) is 7.11. The topological polar surface area (TPSA) is 0 Å². The minimum Gasteiger partial charge on any atom is -0.0625 e. The zero-order valence-electron chi connectivity index (χ0n) is 7.40. The molecule has 10 heavy (non-hydrogen) atoms. The quantitative estimate of drug-likeness (QED) is 0.494. The van der Waals surface area contributed by atoms with Crippen LogP contribution in [0.4, 0.5) is 0 Å². The van der Waals surface area contributed by atoms with Crippen LogP contribution < -0.4 is 0 Å². The van der Waals surface area contributed by atoms with Crippen LogP contribution >= 0.6 is 0 Å². The van der Waals surface area contributed by atoms with Crippen LogP contribution in [0.5, 0.6) is 0 Å². The van der Waals surface area contributed by atoms with Gasteiger partial charge in [0.25, 0.3) is 0 Å². The fourth-order valence-electron chi connectivity index (χ4n) is 0.949. The van der Waals surface area contributed by atoms with Crippen molar-refractivity contribution in [1.29, 1.82) is 0 Å². The van der Waals surface area contributed by atoms with Gasteiger partial charge < -0.3 is 0 Å². The van der Waals surface area contributed by atoms with Crippen molar-refractivity contribution in [2.45, 2.75) is 46.0 Å². The van der Waals surface area contributed by atoms with E-state index in [1.807, 2.05) is 0 Å². The number of rotatable bonds is 6. The molecule has 0 heteroatoms. The first-order chi connectivity index (χ1) is 4.77. The van der Waals surface area contributed by atoms with Crippen molar-refractivity contribution in [3.63, 3.8) is 0 Å². The Labute approximate surface area is 66.0 Å². The van der Waals surface area contributed by atoms with Gasteiger partial charge in [-0.2, -0.15) is 0 Å². The summed E-state index contributed by atoms with van der Waals surface area (Å²) in [4.78, 5) is 0. The molecular formula is C10H20. The molecule has 0 rings (SSSR count). The van der Waals surface area contributed by atoms with Crippen LogP contribution in [-0.2, 0) is 0 Å². The SMILES string of the molecule is [CH2]CCCCC[CH]C(C)C. The van der Waals surface area contributed by atoms with Gasteiger partial charge in [-0.1, -0.05) is 46.5 Å². The summed E-state index contributed by atoms with van der Waals surface area (Å²) in [5.74, 6) is 0.764. The maximum absolute atomic E-state index is 3.81. The van der Waals surface area contributed by atoms with E-state index in [4.69, 9.17) is 0 Å². The van der Waals surface area contributed by atoms with Crippen LogP contribution in [-0.4, -0.2) is 0 Å². The van der Waals surface area contributed by atoms with Crippen molar-refractivity contribution < 1.29 is 0 Å². The molecule has 60 valence electrons. The minimum atomic E-state index is 0.764. The molecule has 0 nitrogen and oxygen atoms in total. The highest BCUT2D eigenvalue weighted by Gasteiger charge is 1.93. The van der Waals surface area contributed by atoms with Crippen molar-refractivity contribution >= 4 is 0 Å². The lowest BCUT2D eigenvalue weighted by Crippen LogP contribution is -1.87. The maximum Gasteiger partial charge on any atom is -0.0360 e. The Balaban J connectivity index is 2.77. The Morgan fingerprint density at radius 2 is 1.90 bits per heavy atom. The second-order valence-electron chi connectivity index (χ2n) is 3.18. The molecule has 0 aromatic heterocycles. The Morgan fingerprint density at radius 3 is 2.40 bits per heavy atom. The summed E-state index contributed by atoms with van der Waals surface area (Å²) in [6, 6.07) is 0. The lowest BCUT2D eigenvalue weighted by molar-refractivity contribution is 0.628. The van der Waals surface area contributed by atoms with Crippen molar-refractivity contribution in [2.24, 2.45) is 5.92 Å². The monoisotopic (exact) mass is 140 g/mol. The molecule has 0 aliphatic carbocycles. The summed E-state index contributed by atoms with van der Waals surface area (Å²) >= 11 is 0. The van der Waals surface area contributed by atoms with Crippen molar-refractivity contribution in [1.82, 2.24) is 0 Å². The van der Waals surface area contributed by atoms with Gasteiger partial charge in [-0.25, -0.2) is 0 Å². The van der Waals surface area contributed by atoms with E-state index in [1.165, 1.54) is 25.7 Å². The van der Waals surface area contributed by atoms with E-state index in [9.17, 15) is 0 Å². The van der Waals surface area contributed by atoms with E-state index in [0.29, 0.717) is 0 Å². The molecule has 0 fully saturated rings. The molecule has 0 amide bonds. The Bertz CT molecular complexity index is 55.1. The molecule has 0 bridgehead atoms. The van der Waals surface area contributed by atoms with E-state index in [2.05, 4.69) is 27.2 Å². The van der Waals surface area contributed by atoms with Gasteiger partial charge in [0.1, 0.15) is 0 Å². The van der Waals surface area contributed by atoms with Gasteiger partial charge in [0.15, 0.2) is 0 Å². The normalized spacial score (nSPS) is 10.8. The first-order valence-corrected chi connectivity index (χ1v) is 4.40. The van der Waals surface area contributed by atoms with E-state index in [-0.39, 0.29) is 0 Å². The van der Waals surface area contributed by atoms with Crippen LogP contribution in [0.2, 0.25) is 0 Å². The van der Waals surface area contributed by atoms with E-state index < -0.39 is 0 Å². The zero-order valence-corrected chi connectivity index (χ0v) is 7.40. The zero-order chi connectivity index (χ0) is 7.82. The van der Waals surface area contributed by atoms with Gasteiger partial charge in [0, 0.05) is 0 Å². The van der Waals surface area contributed by atoms with E-state index in [1.54, 1.807) is 0 Å². The van der Waals surface area contributed by atoms with Crippen LogP contribution in [0.3, 0.4) is 0 Å². The molecule has 0 spiro atoms. The molecule has 0 saturated heterocycles. The molecular weight excluding hydrogens is 120 g/mol. The van der Waals surface area contributed by atoms with Crippen LogP contribution in [0.15, 0.2) is 0 Å². The predicted molar refractivity (Wildman–Crippen MR) is 47.6 cm³/mol. The average molecular weight is 140 g/mol. The second kappa shape index (κ2) is 7.11. The van der Waals surface area contributed by atoms with Crippen LogP contribution in [0.25, 0.3) is 0 Å². The molecule has 0 N–H and O–H groups in total. The van der Waals surface area contributed by atoms with Crippen LogP contribution in [0, 0.1) is 19.3 Å². The fraction of sp³-hybridized carbons (Fsp3) is 0.800. The highest BCUT2D eigenvalue weighted by atomic mass is 14.0. The summed E-state index contributed by atoms with van der Waals surface area (Å²) in [7, 11) is 0. The van der Waals surface area contributed by atoms with Crippen molar-refractivity contribution in [3.8, 4) is 0 Å². The largest absolute Gasteiger partial charge is 0.0625 e. The predicted octanol–water partition coefficient (Wildman–Crippen LogP) is 3.63. The third-order valence-electron chi connectivity index (χ3n) is 1.59. The van der Waals surface area contributed by atoms with Crippen molar-refractivity contribution in [2.75, 3.05) is 0 Å². The molecule has 0 atom stereocenters. The van der Waals surface area contributed by atoms with E-state index >= 15 is 0 Å². The van der Waals surface area contributed by atoms with Gasteiger partial charge in [0.05, 0.1) is 0 Å². The van der Waals surface area contributed by atoms with Gasteiger partial charge in [-0.05, 0) is 18.8 Å². The molecule has 0 aromatic rings. The summed E-state index contributed by atoms with van der Waals surface area (Å²) in [6.45, 7) is 8.28. The molecule has 0 heterocycles. The molecule has 0 unspecified atom stereocenters. The summed E-state index contributed by atoms with van der Waals surface area (Å²) < 4.78 is 0. The van der Waals surface area contributed by atoms with Gasteiger partial charge in [-0.3, -0.25) is 0 Å². The highest BCUT2D eigenvalue weighted by Crippen LogP contribution is 2.08. The number of unbranched alkanes of at least 4 members (excludes halogenated alkanes) is 4. The smallest absolute Gasteiger partial charge is 0.0360 e. The van der Waals surface area contributed by atoms with E-state index in [0.717, 1.165) is 12.3 Å². The summed E-state index contributed by atoms with van der Waals surface area (Å²) in [5.41, 5.74) is 0. The molecule has 0 saturated carbocycles. The minimum absolute atomic E-state index is 0.764. The lowest BCUT2D eigenvalue weighted by atomic mass is 10.0. The molecule has 0 aliphatic rings.